The lowest BCUT2D eigenvalue weighted by atomic mass is 9.93. The first-order valence-electron chi connectivity index (χ1n) is 11.3. The number of fused-ring (bicyclic) bond motifs is 1. The number of likely N-dealkylation sites (tertiary alicyclic amines) is 1. The average molecular weight is 397 g/mol. The van der Waals surface area contributed by atoms with E-state index in [1.165, 1.54) is 29.3 Å². The predicted octanol–water partition coefficient (Wildman–Crippen LogP) is 4.22. The summed E-state index contributed by atoms with van der Waals surface area (Å²) >= 11 is 0. The van der Waals surface area contributed by atoms with Crippen LogP contribution in [0, 0.1) is 0 Å². The zero-order valence-corrected chi connectivity index (χ0v) is 17.3. The van der Waals surface area contributed by atoms with Crippen LogP contribution in [-0.4, -0.2) is 53.1 Å². The molecule has 2 aromatic rings. The van der Waals surface area contributed by atoms with Crippen LogP contribution in [0.25, 0.3) is 10.9 Å². The van der Waals surface area contributed by atoms with Gasteiger partial charge < -0.3 is 15.0 Å². The Morgan fingerprint density at radius 3 is 2.52 bits per heavy atom. The van der Waals surface area contributed by atoms with Gasteiger partial charge in [0, 0.05) is 31.6 Å². The predicted molar refractivity (Wildman–Crippen MR) is 113 cm³/mol. The van der Waals surface area contributed by atoms with Crippen LogP contribution in [0.4, 0.5) is 4.79 Å². The van der Waals surface area contributed by atoms with E-state index in [1.807, 2.05) is 11.1 Å². The normalized spacial score (nSPS) is 26.0. The van der Waals surface area contributed by atoms with Gasteiger partial charge in [-0.3, -0.25) is 4.68 Å². The molecule has 2 amide bonds. The summed E-state index contributed by atoms with van der Waals surface area (Å²) in [6.07, 6.45) is 11.1. The third kappa shape index (κ3) is 4.00. The van der Waals surface area contributed by atoms with E-state index in [0.717, 1.165) is 57.5 Å². The molecule has 1 aliphatic heterocycles. The van der Waals surface area contributed by atoms with Gasteiger partial charge in [-0.2, -0.15) is 5.10 Å². The molecule has 1 aromatic heterocycles. The molecule has 3 aliphatic rings. The minimum absolute atomic E-state index is 0.101. The number of benzene rings is 1. The second-order valence-electron chi connectivity index (χ2n) is 9.06. The smallest absolute Gasteiger partial charge is 0.317 e. The summed E-state index contributed by atoms with van der Waals surface area (Å²) in [5.41, 5.74) is 2.69. The van der Waals surface area contributed by atoms with E-state index in [4.69, 9.17) is 9.84 Å². The Bertz CT molecular complexity index is 859. The summed E-state index contributed by atoms with van der Waals surface area (Å²) < 4.78 is 7.62. The number of hydrogen-bond donors (Lipinski definition) is 1. The average Bonchev–Trinajstić information content (AvgIpc) is 3.53. The maximum atomic E-state index is 12.7. The van der Waals surface area contributed by atoms with Gasteiger partial charge in [0.25, 0.3) is 0 Å². The molecular formula is C23H32N4O2. The van der Waals surface area contributed by atoms with Crippen LogP contribution in [0.1, 0.15) is 68.9 Å². The van der Waals surface area contributed by atoms with E-state index in [-0.39, 0.29) is 6.03 Å². The van der Waals surface area contributed by atoms with Crippen molar-refractivity contribution >= 4 is 16.9 Å². The summed E-state index contributed by atoms with van der Waals surface area (Å²) in [6, 6.07) is 7.61. The molecule has 2 heterocycles. The number of carbonyl (C=O) groups is 1. The standard InChI is InChI=1S/C23H32N4O2/c1-29-21-7-5-19(6-8-21)25-23(28)26-12-10-20(11-13-26)27-22-9-4-17(16-2-3-16)14-18(22)15-24-27/h4,9,14-16,19-21H,2-3,5-8,10-13H2,1H3,(H,25,28). The van der Waals surface area contributed by atoms with E-state index >= 15 is 0 Å². The largest absolute Gasteiger partial charge is 0.381 e. The number of rotatable bonds is 4. The van der Waals surface area contributed by atoms with E-state index in [1.54, 1.807) is 7.11 Å². The molecule has 0 radical (unpaired) electrons. The Morgan fingerprint density at radius 2 is 1.83 bits per heavy atom. The Kier molecular flexibility index (Phi) is 5.20. The van der Waals surface area contributed by atoms with Crippen LogP contribution in [0.2, 0.25) is 0 Å². The van der Waals surface area contributed by atoms with Crippen molar-refractivity contribution < 1.29 is 9.53 Å². The highest BCUT2D eigenvalue weighted by Gasteiger charge is 2.29. The van der Waals surface area contributed by atoms with E-state index in [2.05, 4.69) is 28.2 Å². The monoisotopic (exact) mass is 396 g/mol. The quantitative estimate of drug-likeness (QED) is 0.842. The lowest BCUT2D eigenvalue weighted by Crippen LogP contribution is -2.49. The molecule has 6 heteroatoms. The van der Waals surface area contributed by atoms with Crippen molar-refractivity contribution in [2.45, 2.75) is 75.5 Å². The van der Waals surface area contributed by atoms with Crippen LogP contribution >= 0.6 is 0 Å². The molecule has 0 unspecified atom stereocenters. The Morgan fingerprint density at radius 1 is 1.07 bits per heavy atom. The van der Waals surface area contributed by atoms with Gasteiger partial charge in [-0.05, 0) is 75.0 Å². The maximum Gasteiger partial charge on any atom is 0.317 e. The molecule has 2 aliphatic carbocycles. The fourth-order valence-electron chi connectivity index (χ4n) is 5.06. The molecular weight excluding hydrogens is 364 g/mol. The Labute approximate surface area is 172 Å². The van der Waals surface area contributed by atoms with E-state index in [0.29, 0.717) is 18.2 Å². The first kappa shape index (κ1) is 18.9. The summed E-state index contributed by atoms with van der Waals surface area (Å²) in [6.45, 7) is 1.59. The van der Waals surface area contributed by atoms with Gasteiger partial charge in [0.1, 0.15) is 0 Å². The van der Waals surface area contributed by atoms with Gasteiger partial charge >= 0.3 is 6.03 Å². The molecule has 29 heavy (non-hydrogen) atoms. The van der Waals surface area contributed by atoms with E-state index in [9.17, 15) is 4.79 Å². The molecule has 6 nitrogen and oxygen atoms in total. The molecule has 0 bridgehead atoms. The zero-order valence-electron chi connectivity index (χ0n) is 17.3. The zero-order chi connectivity index (χ0) is 19.8. The van der Waals surface area contributed by atoms with Gasteiger partial charge in [-0.15, -0.1) is 0 Å². The van der Waals surface area contributed by atoms with Crippen molar-refractivity contribution in [3.63, 3.8) is 0 Å². The molecule has 1 saturated heterocycles. The Balaban J connectivity index is 1.16. The van der Waals surface area contributed by atoms with Crippen molar-refractivity contribution in [3.05, 3.63) is 30.0 Å². The number of nitrogens with zero attached hydrogens (tertiary/aromatic N) is 3. The van der Waals surface area contributed by atoms with Crippen LogP contribution < -0.4 is 5.32 Å². The van der Waals surface area contributed by atoms with Crippen LogP contribution in [-0.2, 0) is 4.74 Å². The SMILES string of the molecule is COC1CCC(NC(=O)N2CCC(n3ncc4cc(C5CC5)ccc43)CC2)CC1. The van der Waals surface area contributed by atoms with Crippen LogP contribution in [0.3, 0.4) is 0 Å². The fraction of sp³-hybridized carbons (Fsp3) is 0.652. The Hall–Kier alpha value is -2.08. The highest BCUT2D eigenvalue weighted by atomic mass is 16.5. The van der Waals surface area contributed by atoms with Crippen molar-refractivity contribution in [3.8, 4) is 0 Å². The number of carbonyl (C=O) groups excluding carboxylic acids is 1. The molecule has 1 aromatic carbocycles. The molecule has 2 saturated carbocycles. The van der Waals surface area contributed by atoms with Crippen molar-refractivity contribution in [2.75, 3.05) is 20.2 Å². The number of ether oxygens (including phenoxy) is 1. The first-order valence-corrected chi connectivity index (χ1v) is 11.3. The second kappa shape index (κ2) is 7.98. The molecule has 3 fully saturated rings. The second-order valence-corrected chi connectivity index (χ2v) is 9.06. The van der Waals surface area contributed by atoms with Crippen molar-refractivity contribution in [2.24, 2.45) is 0 Å². The van der Waals surface area contributed by atoms with Crippen LogP contribution in [0.5, 0.6) is 0 Å². The molecule has 1 N–H and O–H groups in total. The number of amides is 2. The van der Waals surface area contributed by atoms with Gasteiger partial charge in [-0.1, -0.05) is 6.07 Å². The van der Waals surface area contributed by atoms with Gasteiger partial charge in [0.2, 0.25) is 0 Å². The first-order chi connectivity index (χ1) is 14.2. The fourth-order valence-corrected chi connectivity index (χ4v) is 5.06. The van der Waals surface area contributed by atoms with Gasteiger partial charge in [0.05, 0.1) is 23.9 Å². The number of aromatic nitrogens is 2. The molecule has 0 spiro atoms. The molecule has 156 valence electrons. The number of methoxy groups -OCH3 is 1. The summed E-state index contributed by atoms with van der Waals surface area (Å²) in [7, 11) is 1.78. The minimum Gasteiger partial charge on any atom is -0.381 e. The van der Waals surface area contributed by atoms with Gasteiger partial charge in [-0.25, -0.2) is 4.79 Å². The lowest BCUT2D eigenvalue weighted by molar-refractivity contribution is 0.0624. The maximum absolute atomic E-state index is 12.7. The summed E-state index contributed by atoms with van der Waals surface area (Å²) in [5.74, 6) is 0.772. The topological polar surface area (TPSA) is 59.4 Å². The molecule has 0 atom stereocenters. The number of piperidine rings is 1. The third-order valence-corrected chi connectivity index (χ3v) is 7.10. The highest BCUT2D eigenvalue weighted by Crippen LogP contribution is 2.41. The van der Waals surface area contributed by atoms with E-state index < -0.39 is 0 Å². The van der Waals surface area contributed by atoms with Crippen molar-refractivity contribution in [1.82, 2.24) is 20.0 Å². The highest BCUT2D eigenvalue weighted by molar-refractivity contribution is 5.80. The number of hydrogen-bond acceptors (Lipinski definition) is 3. The minimum atomic E-state index is 0.101. The number of urea groups is 1. The van der Waals surface area contributed by atoms with Crippen molar-refractivity contribution in [1.29, 1.82) is 0 Å². The number of nitrogens with one attached hydrogen (secondary N) is 1. The summed E-state index contributed by atoms with van der Waals surface area (Å²) in [4.78, 5) is 14.7. The summed E-state index contributed by atoms with van der Waals surface area (Å²) in [5, 5.41) is 9.20. The third-order valence-electron chi connectivity index (χ3n) is 7.10. The molecule has 5 rings (SSSR count). The van der Waals surface area contributed by atoms with Gasteiger partial charge in [0.15, 0.2) is 0 Å². The lowest BCUT2D eigenvalue weighted by Gasteiger charge is -2.35. The van der Waals surface area contributed by atoms with Crippen LogP contribution in [0.15, 0.2) is 24.4 Å².